The number of hydrogen-bond donors (Lipinski definition) is 1. The van der Waals surface area contributed by atoms with Crippen LogP contribution in [0.5, 0.6) is 0 Å². The lowest BCUT2D eigenvalue weighted by Gasteiger charge is -2.38. The topological polar surface area (TPSA) is 65.9 Å². The van der Waals surface area contributed by atoms with E-state index >= 15 is 0 Å². The molecule has 2 N–H and O–H groups in total. The summed E-state index contributed by atoms with van der Waals surface area (Å²) in [4.78, 5) is 5.78. The predicted octanol–water partition coefficient (Wildman–Crippen LogP) is 2.28. The highest BCUT2D eigenvalue weighted by Crippen LogP contribution is 2.34. The van der Waals surface area contributed by atoms with Crippen molar-refractivity contribution in [3.05, 3.63) is 36.0 Å². The number of rotatable bonds is 1. The van der Waals surface area contributed by atoms with Gasteiger partial charge in [-0.1, -0.05) is 0 Å². The van der Waals surface area contributed by atoms with Crippen molar-refractivity contribution >= 4 is 16.6 Å². The first-order valence-corrected chi connectivity index (χ1v) is 6.66. The molecule has 0 saturated carbocycles. The number of pyridine rings is 1. The van der Waals surface area contributed by atoms with E-state index in [1.165, 1.54) is 0 Å². The maximum atomic E-state index is 13.7. The molecule has 3 rings (SSSR count). The Balaban J connectivity index is 2.11. The molecule has 1 saturated heterocycles. The molecule has 1 aliphatic rings. The monoisotopic (exact) mass is 288 g/mol. The summed E-state index contributed by atoms with van der Waals surface area (Å²) in [6, 6.07) is 8.32. The minimum absolute atomic E-state index is 0.296. The highest BCUT2D eigenvalue weighted by molar-refractivity contribution is 5.95. The first kappa shape index (κ1) is 13.7. The molecule has 0 aliphatic carbocycles. The minimum Gasteiger partial charge on any atom is -0.363 e. The van der Waals surface area contributed by atoms with Crippen LogP contribution < -0.4 is 10.6 Å². The number of halogens is 2. The fourth-order valence-corrected chi connectivity index (χ4v) is 2.85. The van der Waals surface area contributed by atoms with Gasteiger partial charge in [0.05, 0.1) is 17.6 Å². The van der Waals surface area contributed by atoms with Crippen molar-refractivity contribution in [1.29, 1.82) is 5.26 Å². The lowest BCUT2D eigenvalue weighted by atomic mass is 10.0. The summed E-state index contributed by atoms with van der Waals surface area (Å²) in [6.07, 6.45) is 1.29. The molecule has 1 aromatic heterocycles. The first-order chi connectivity index (χ1) is 10.00. The van der Waals surface area contributed by atoms with Crippen LogP contribution in [0.2, 0.25) is 0 Å². The summed E-state index contributed by atoms with van der Waals surface area (Å²) in [7, 11) is 0. The number of alkyl halides is 2. The largest absolute Gasteiger partial charge is 0.363 e. The second-order valence-corrected chi connectivity index (χ2v) is 5.34. The van der Waals surface area contributed by atoms with Crippen LogP contribution in [0.25, 0.3) is 10.9 Å². The average molecular weight is 288 g/mol. The number of aromatic nitrogens is 1. The van der Waals surface area contributed by atoms with E-state index in [2.05, 4.69) is 11.1 Å². The van der Waals surface area contributed by atoms with Gasteiger partial charge >= 0.3 is 0 Å². The normalized spacial score (nSPS) is 21.2. The molecule has 0 amide bonds. The summed E-state index contributed by atoms with van der Waals surface area (Å²) in [5.41, 5.74) is 7.35. The number of anilines is 1. The van der Waals surface area contributed by atoms with Crippen LogP contribution in [0.1, 0.15) is 12.0 Å². The van der Waals surface area contributed by atoms with Crippen molar-refractivity contribution in [2.24, 2.45) is 5.73 Å². The van der Waals surface area contributed by atoms with Crippen LogP contribution in [0.3, 0.4) is 0 Å². The highest BCUT2D eigenvalue weighted by Gasteiger charge is 2.39. The van der Waals surface area contributed by atoms with Gasteiger partial charge in [0.2, 0.25) is 0 Å². The van der Waals surface area contributed by atoms with Crippen LogP contribution in [0.4, 0.5) is 14.5 Å². The van der Waals surface area contributed by atoms with Crippen LogP contribution in [0.15, 0.2) is 30.5 Å². The van der Waals surface area contributed by atoms with E-state index in [-0.39, 0.29) is 13.0 Å². The summed E-state index contributed by atoms with van der Waals surface area (Å²) >= 11 is 0. The van der Waals surface area contributed by atoms with E-state index in [0.29, 0.717) is 28.7 Å². The Kier molecular flexibility index (Phi) is 3.22. The zero-order valence-electron chi connectivity index (χ0n) is 11.3. The maximum absolute atomic E-state index is 13.7. The SMILES string of the molecule is N#Cc1ccc(N2CC(N)CC(F)(F)C2)c2cccnc12. The fourth-order valence-electron chi connectivity index (χ4n) is 2.85. The Morgan fingerprint density at radius 3 is 2.90 bits per heavy atom. The minimum atomic E-state index is -2.81. The van der Waals surface area contributed by atoms with Gasteiger partial charge in [-0.25, -0.2) is 8.78 Å². The van der Waals surface area contributed by atoms with Gasteiger partial charge in [0.15, 0.2) is 0 Å². The molecule has 6 heteroatoms. The molecule has 0 spiro atoms. The Morgan fingerprint density at radius 2 is 2.19 bits per heavy atom. The molecule has 1 fully saturated rings. The van der Waals surface area contributed by atoms with Crippen LogP contribution >= 0.6 is 0 Å². The van der Waals surface area contributed by atoms with Gasteiger partial charge in [-0.3, -0.25) is 4.98 Å². The Morgan fingerprint density at radius 1 is 1.38 bits per heavy atom. The molecule has 108 valence electrons. The lowest BCUT2D eigenvalue weighted by Crippen LogP contribution is -2.52. The number of hydrogen-bond acceptors (Lipinski definition) is 4. The molecule has 0 bridgehead atoms. The number of fused-ring (bicyclic) bond motifs is 1. The number of piperidine rings is 1. The lowest BCUT2D eigenvalue weighted by molar-refractivity contribution is -0.0171. The van der Waals surface area contributed by atoms with E-state index < -0.39 is 12.0 Å². The molecule has 2 heterocycles. The van der Waals surface area contributed by atoms with Crippen molar-refractivity contribution in [2.45, 2.75) is 18.4 Å². The van der Waals surface area contributed by atoms with E-state index in [1.807, 2.05) is 0 Å². The fraction of sp³-hybridized carbons (Fsp3) is 0.333. The summed E-state index contributed by atoms with van der Waals surface area (Å²) in [6.45, 7) is 0.00206. The third-order valence-corrected chi connectivity index (χ3v) is 3.65. The second kappa shape index (κ2) is 4.93. The summed E-state index contributed by atoms with van der Waals surface area (Å²) in [5, 5.41) is 9.81. The average Bonchev–Trinajstić information content (AvgIpc) is 2.44. The number of nitrogens with two attached hydrogens (primary N) is 1. The third kappa shape index (κ3) is 2.52. The Labute approximate surface area is 120 Å². The van der Waals surface area contributed by atoms with Gasteiger partial charge in [-0.15, -0.1) is 0 Å². The van der Waals surface area contributed by atoms with Gasteiger partial charge in [0.25, 0.3) is 5.92 Å². The van der Waals surface area contributed by atoms with Crippen molar-refractivity contribution in [3.8, 4) is 6.07 Å². The second-order valence-electron chi connectivity index (χ2n) is 5.34. The molecule has 1 unspecified atom stereocenters. The van der Waals surface area contributed by atoms with Crippen molar-refractivity contribution in [1.82, 2.24) is 4.98 Å². The number of nitriles is 1. The maximum Gasteiger partial charge on any atom is 0.266 e. The van der Waals surface area contributed by atoms with Crippen LogP contribution in [-0.2, 0) is 0 Å². The quantitative estimate of drug-likeness (QED) is 0.874. The van der Waals surface area contributed by atoms with E-state index in [9.17, 15) is 8.78 Å². The zero-order chi connectivity index (χ0) is 15.0. The highest BCUT2D eigenvalue weighted by atomic mass is 19.3. The molecule has 0 radical (unpaired) electrons. The molecule has 1 aliphatic heterocycles. The smallest absolute Gasteiger partial charge is 0.266 e. The standard InChI is InChI=1S/C15H14F2N4/c16-15(17)6-11(19)8-21(9-15)13-4-3-10(7-18)14-12(13)2-1-5-20-14/h1-5,11H,6,8-9,19H2. The van der Waals surface area contributed by atoms with Gasteiger partial charge in [0.1, 0.15) is 6.07 Å². The van der Waals surface area contributed by atoms with Crippen LogP contribution in [0, 0.1) is 11.3 Å². The third-order valence-electron chi connectivity index (χ3n) is 3.65. The van der Waals surface area contributed by atoms with Crippen molar-refractivity contribution < 1.29 is 8.78 Å². The van der Waals surface area contributed by atoms with Crippen LogP contribution in [-0.4, -0.2) is 30.0 Å². The zero-order valence-corrected chi connectivity index (χ0v) is 11.3. The Hall–Kier alpha value is -2.26. The van der Waals surface area contributed by atoms with Gasteiger partial charge in [0, 0.05) is 36.3 Å². The molecule has 4 nitrogen and oxygen atoms in total. The molecule has 21 heavy (non-hydrogen) atoms. The van der Waals surface area contributed by atoms with Crippen molar-refractivity contribution in [2.75, 3.05) is 18.0 Å². The van der Waals surface area contributed by atoms with Crippen molar-refractivity contribution in [3.63, 3.8) is 0 Å². The molecule has 2 aromatic rings. The Bertz CT molecular complexity index is 723. The first-order valence-electron chi connectivity index (χ1n) is 6.66. The van der Waals surface area contributed by atoms with E-state index in [1.54, 1.807) is 35.4 Å². The predicted molar refractivity (Wildman–Crippen MR) is 76.2 cm³/mol. The van der Waals surface area contributed by atoms with E-state index in [4.69, 9.17) is 11.0 Å². The molecule has 1 atom stereocenters. The summed E-state index contributed by atoms with van der Waals surface area (Å²) in [5.74, 6) is -2.81. The molecular weight excluding hydrogens is 274 g/mol. The number of nitrogens with zero attached hydrogens (tertiary/aromatic N) is 3. The summed E-state index contributed by atoms with van der Waals surface area (Å²) < 4.78 is 27.5. The van der Waals surface area contributed by atoms with E-state index in [0.717, 1.165) is 0 Å². The van der Waals surface area contributed by atoms with Gasteiger partial charge < -0.3 is 10.6 Å². The van der Waals surface area contributed by atoms with Gasteiger partial charge in [-0.05, 0) is 24.3 Å². The number of benzene rings is 1. The molecular formula is C15H14F2N4. The van der Waals surface area contributed by atoms with Gasteiger partial charge in [-0.2, -0.15) is 5.26 Å². The molecule has 1 aromatic carbocycles.